The zero-order chi connectivity index (χ0) is 29.4. The maximum Gasteiger partial charge on any atom is 0.264 e. The van der Waals surface area contributed by atoms with Crippen molar-refractivity contribution in [1.82, 2.24) is 10.2 Å². The number of nitrogens with zero attached hydrogens (tertiary/aromatic N) is 2. The van der Waals surface area contributed by atoms with Gasteiger partial charge in [-0.1, -0.05) is 66.0 Å². The van der Waals surface area contributed by atoms with Crippen LogP contribution in [0.2, 0.25) is 10.0 Å². The molecule has 0 heterocycles. The van der Waals surface area contributed by atoms with Crippen molar-refractivity contribution < 1.29 is 22.7 Å². The van der Waals surface area contributed by atoms with Gasteiger partial charge in [0.2, 0.25) is 11.8 Å². The molecule has 0 radical (unpaired) electrons. The molecule has 3 aromatic rings. The highest BCUT2D eigenvalue weighted by molar-refractivity contribution is 7.92. The molecule has 2 amide bonds. The molecule has 0 aliphatic heterocycles. The summed E-state index contributed by atoms with van der Waals surface area (Å²) in [5.74, 6) is -0.340. The molecule has 0 fully saturated rings. The number of methoxy groups -OCH3 is 1. The Balaban J connectivity index is 2.11. The van der Waals surface area contributed by atoms with Gasteiger partial charge in [-0.25, -0.2) is 8.42 Å². The Kier molecular flexibility index (Phi) is 10.8. The van der Waals surface area contributed by atoms with E-state index >= 15 is 0 Å². The number of benzene rings is 3. The molecule has 1 N–H and O–H groups in total. The van der Waals surface area contributed by atoms with E-state index in [1.165, 1.54) is 36.3 Å². The number of ether oxygens (including phenoxy) is 1. The van der Waals surface area contributed by atoms with Gasteiger partial charge in [0.1, 0.15) is 18.3 Å². The molecule has 3 aromatic carbocycles. The van der Waals surface area contributed by atoms with Crippen LogP contribution in [0.1, 0.15) is 31.4 Å². The number of carbonyl (C=O) groups is 2. The van der Waals surface area contributed by atoms with E-state index in [0.29, 0.717) is 24.3 Å². The van der Waals surface area contributed by atoms with E-state index in [1.807, 2.05) is 13.0 Å². The highest BCUT2D eigenvalue weighted by Gasteiger charge is 2.34. The third-order valence-corrected chi connectivity index (χ3v) is 8.89. The Morgan fingerprint density at radius 2 is 1.68 bits per heavy atom. The molecular weight excluding hydrogens is 573 g/mol. The van der Waals surface area contributed by atoms with E-state index in [-0.39, 0.29) is 33.1 Å². The summed E-state index contributed by atoms with van der Waals surface area (Å²) < 4.78 is 34.1. The Hall–Kier alpha value is -3.27. The van der Waals surface area contributed by atoms with Crippen molar-refractivity contribution in [1.29, 1.82) is 0 Å². The fourth-order valence-electron chi connectivity index (χ4n) is 4.21. The van der Waals surface area contributed by atoms with Gasteiger partial charge in [0.15, 0.2) is 0 Å². The Bertz CT molecular complexity index is 1450. The lowest BCUT2D eigenvalue weighted by molar-refractivity contribution is -0.140. The first-order valence-corrected chi connectivity index (χ1v) is 15.0. The minimum Gasteiger partial charge on any atom is -0.497 e. The van der Waals surface area contributed by atoms with Gasteiger partial charge in [0, 0.05) is 13.1 Å². The van der Waals surface area contributed by atoms with Gasteiger partial charge in [0.25, 0.3) is 10.0 Å². The molecule has 1 atom stereocenters. The maximum atomic E-state index is 14.1. The molecule has 3 rings (SSSR count). The van der Waals surface area contributed by atoms with Crippen LogP contribution in [-0.2, 0) is 26.2 Å². The van der Waals surface area contributed by atoms with E-state index < -0.39 is 28.5 Å². The number of rotatable bonds is 12. The van der Waals surface area contributed by atoms with Crippen LogP contribution in [0.3, 0.4) is 0 Å². The smallest absolute Gasteiger partial charge is 0.264 e. The van der Waals surface area contributed by atoms with Crippen LogP contribution in [0.25, 0.3) is 0 Å². The lowest BCUT2D eigenvalue weighted by Crippen LogP contribution is -2.52. The number of halogens is 2. The second-order valence-electron chi connectivity index (χ2n) is 9.09. The highest BCUT2D eigenvalue weighted by atomic mass is 35.5. The summed E-state index contributed by atoms with van der Waals surface area (Å²) in [6, 6.07) is 17.1. The van der Waals surface area contributed by atoms with Crippen LogP contribution >= 0.6 is 23.2 Å². The SMILES string of the molecule is CCNC(=O)C(CC)N(Cc1cccc(OC)c1)C(=O)CN(c1cccc(Cl)c1Cl)S(=O)(=O)c1ccc(C)cc1. The van der Waals surface area contributed by atoms with Crippen LogP contribution in [0.5, 0.6) is 5.75 Å². The monoisotopic (exact) mass is 605 g/mol. The molecule has 214 valence electrons. The first kappa shape index (κ1) is 31.3. The molecule has 0 aliphatic rings. The number of hydrogen-bond donors (Lipinski definition) is 1. The van der Waals surface area contributed by atoms with Gasteiger partial charge in [-0.15, -0.1) is 0 Å². The van der Waals surface area contributed by atoms with Crippen LogP contribution in [-0.4, -0.2) is 51.4 Å². The summed E-state index contributed by atoms with van der Waals surface area (Å²) in [6.45, 7) is 5.23. The molecule has 40 heavy (non-hydrogen) atoms. The number of amides is 2. The van der Waals surface area contributed by atoms with Crippen molar-refractivity contribution >= 4 is 50.7 Å². The average molecular weight is 607 g/mol. The number of aryl methyl sites for hydroxylation is 1. The van der Waals surface area contributed by atoms with Gasteiger partial charge in [-0.05, 0) is 62.2 Å². The van der Waals surface area contributed by atoms with Crippen molar-refractivity contribution in [3.63, 3.8) is 0 Å². The van der Waals surface area contributed by atoms with Crippen LogP contribution in [0, 0.1) is 6.92 Å². The number of hydrogen-bond acceptors (Lipinski definition) is 5. The number of carbonyl (C=O) groups excluding carboxylic acids is 2. The molecule has 0 spiro atoms. The largest absolute Gasteiger partial charge is 0.497 e. The summed E-state index contributed by atoms with van der Waals surface area (Å²) >= 11 is 12.7. The van der Waals surface area contributed by atoms with Crippen LogP contribution < -0.4 is 14.4 Å². The molecule has 1 unspecified atom stereocenters. The average Bonchev–Trinajstić information content (AvgIpc) is 2.93. The van der Waals surface area contributed by atoms with Crippen molar-refractivity contribution in [2.24, 2.45) is 0 Å². The van der Waals surface area contributed by atoms with E-state index in [2.05, 4.69) is 5.32 Å². The van der Waals surface area contributed by atoms with E-state index in [9.17, 15) is 18.0 Å². The zero-order valence-corrected chi connectivity index (χ0v) is 25.2. The predicted molar refractivity (Wildman–Crippen MR) is 158 cm³/mol. The standard InChI is InChI=1S/C29H33Cl2N3O5S/c1-5-25(29(36)32-6-2)33(18-21-9-7-10-22(17-21)39-4)27(35)19-34(26-12-8-11-24(30)28(26)31)40(37,38)23-15-13-20(3)14-16-23/h7-17,25H,5-6,18-19H2,1-4H3,(H,32,36). The summed E-state index contributed by atoms with van der Waals surface area (Å²) in [4.78, 5) is 28.5. The van der Waals surface area contributed by atoms with Gasteiger partial charge in [-0.2, -0.15) is 0 Å². The molecule has 0 saturated heterocycles. The first-order valence-electron chi connectivity index (χ1n) is 12.8. The number of nitrogens with one attached hydrogen (secondary N) is 1. The van der Waals surface area contributed by atoms with Crippen molar-refractivity contribution in [3.8, 4) is 5.75 Å². The molecule has 0 saturated carbocycles. The predicted octanol–water partition coefficient (Wildman–Crippen LogP) is 5.45. The van der Waals surface area contributed by atoms with E-state index in [4.69, 9.17) is 27.9 Å². The van der Waals surface area contributed by atoms with Crippen molar-refractivity contribution in [2.45, 2.75) is 44.7 Å². The van der Waals surface area contributed by atoms with Gasteiger partial charge in [-0.3, -0.25) is 13.9 Å². The molecule has 0 bridgehead atoms. The number of anilines is 1. The van der Waals surface area contributed by atoms with Crippen LogP contribution in [0.4, 0.5) is 5.69 Å². The Labute approximate surface area is 245 Å². The molecular formula is C29H33Cl2N3O5S. The lowest BCUT2D eigenvalue weighted by atomic mass is 10.1. The first-order chi connectivity index (χ1) is 19.0. The lowest BCUT2D eigenvalue weighted by Gasteiger charge is -2.33. The van der Waals surface area contributed by atoms with Gasteiger partial charge >= 0.3 is 0 Å². The van der Waals surface area contributed by atoms with Crippen molar-refractivity contribution in [2.75, 3.05) is 24.5 Å². The zero-order valence-electron chi connectivity index (χ0n) is 22.9. The van der Waals surface area contributed by atoms with Crippen molar-refractivity contribution in [3.05, 3.63) is 87.9 Å². The Morgan fingerprint density at radius 1 is 1.00 bits per heavy atom. The fourth-order valence-corrected chi connectivity index (χ4v) is 6.09. The Morgan fingerprint density at radius 3 is 2.30 bits per heavy atom. The third-order valence-electron chi connectivity index (χ3n) is 6.31. The maximum absolute atomic E-state index is 14.1. The van der Waals surface area contributed by atoms with E-state index in [1.54, 1.807) is 50.2 Å². The second kappa shape index (κ2) is 13.9. The molecule has 8 nitrogen and oxygen atoms in total. The fraction of sp³-hybridized carbons (Fsp3) is 0.310. The molecule has 0 aliphatic carbocycles. The summed E-state index contributed by atoms with van der Waals surface area (Å²) in [5.41, 5.74) is 1.64. The quantitative estimate of drug-likeness (QED) is 0.296. The van der Waals surface area contributed by atoms with Crippen LogP contribution in [0.15, 0.2) is 71.6 Å². The summed E-state index contributed by atoms with van der Waals surface area (Å²) in [5, 5.41) is 2.90. The minimum absolute atomic E-state index is 0.0113. The minimum atomic E-state index is -4.26. The van der Waals surface area contributed by atoms with Gasteiger partial charge < -0.3 is 15.0 Å². The normalized spacial score (nSPS) is 11.9. The number of likely N-dealkylation sites (N-methyl/N-ethyl adjacent to an activating group) is 1. The van der Waals surface area contributed by atoms with Gasteiger partial charge in [0.05, 0.1) is 27.7 Å². The molecule has 11 heteroatoms. The second-order valence-corrected chi connectivity index (χ2v) is 11.7. The number of sulfonamides is 1. The summed E-state index contributed by atoms with van der Waals surface area (Å²) in [6.07, 6.45) is 0.310. The third kappa shape index (κ3) is 7.27. The molecule has 0 aromatic heterocycles. The highest BCUT2D eigenvalue weighted by Crippen LogP contribution is 2.35. The summed E-state index contributed by atoms with van der Waals surface area (Å²) in [7, 11) is -2.73. The topological polar surface area (TPSA) is 96.0 Å². The van der Waals surface area contributed by atoms with E-state index in [0.717, 1.165) is 9.87 Å².